The topological polar surface area (TPSA) is 96.3 Å². The summed E-state index contributed by atoms with van der Waals surface area (Å²) in [6.07, 6.45) is 10.2. The number of nitrogens with zero attached hydrogens (tertiary/aromatic N) is 3. The standard InChI is InChI=1S/C23H35N5O3/c1-3-4-13-27-21(30)19-14-18(20(29)24-16-9-5-6-10-16)26-28(19)15-23(27,2)22(31)25-17-11-7-8-12-17/h14,16-17H,3-13,15H2,1-2H3,(H,24,29)(H,25,31)/t23-/m1/s1. The zero-order chi connectivity index (χ0) is 22.0. The van der Waals surface area contributed by atoms with Crippen molar-refractivity contribution in [2.24, 2.45) is 0 Å². The van der Waals surface area contributed by atoms with E-state index in [1.807, 2.05) is 6.92 Å². The Kier molecular flexibility index (Phi) is 6.34. The van der Waals surface area contributed by atoms with Gasteiger partial charge < -0.3 is 15.5 Å². The molecule has 0 aromatic carbocycles. The summed E-state index contributed by atoms with van der Waals surface area (Å²) in [6.45, 7) is 4.67. The largest absolute Gasteiger partial charge is 0.351 e. The first-order chi connectivity index (χ1) is 14.9. The van der Waals surface area contributed by atoms with E-state index in [1.165, 1.54) is 0 Å². The zero-order valence-electron chi connectivity index (χ0n) is 18.8. The van der Waals surface area contributed by atoms with Crippen molar-refractivity contribution in [3.05, 3.63) is 17.5 Å². The molecule has 0 radical (unpaired) electrons. The average molecular weight is 430 g/mol. The molecule has 3 amide bonds. The highest BCUT2D eigenvalue weighted by atomic mass is 16.2. The Balaban J connectivity index is 1.57. The monoisotopic (exact) mass is 429 g/mol. The molecule has 2 fully saturated rings. The van der Waals surface area contributed by atoms with Crippen LogP contribution in [0.2, 0.25) is 0 Å². The number of carbonyl (C=O) groups is 3. The van der Waals surface area contributed by atoms with Crippen molar-refractivity contribution >= 4 is 17.7 Å². The molecule has 2 N–H and O–H groups in total. The second-order valence-electron chi connectivity index (χ2n) is 9.57. The van der Waals surface area contributed by atoms with E-state index < -0.39 is 5.54 Å². The molecule has 0 saturated heterocycles. The number of amides is 3. The Bertz CT molecular complexity index is 838. The molecule has 31 heavy (non-hydrogen) atoms. The van der Waals surface area contributed by atoms with Crippen LogP contribution in [0, 0.1) is 0 Å². The van der Waals surface area contributed by atoms with Gasteiger partial charge in [-0.2, -0.15) is 5.10 Å². The summed E-state index contributed by atoms with van der Waals surface area (Å²) in [5.41, 5.74) is -0.377. The SMILES string of the molecule is CCCCN1C(=O)c2cc(C(=O)NC3CCCC3)nn2C[C@]1(C)C(=O)NC1CCCC1. The van der Waals surface area contributed by atoms with Gasteiger partial charge in [0.2, 0.25) is 5.91 Å². The molecule has 2 saturated carbocycles. The third kappa shape index (κ3) is 4.34. The first-order valence-electron chi connectivity index (χ1n) is 11.9. The van der Waals surface area contributed by atoms with Crippen LogP contribution in [0.5, 0.6) is 0 Å². The van der Waals surface area contributed by atoms with Gasteiger partial charge in [0.25, 0.3) is 11.8 Å². The summed E-state index contributed by atoms with van der Waals surface area (Å²) in [6, 6.07) is 1.95. The molecular formula is C23H35N5O3. The quantitative estimate of drug-likeness (QED) is 0.696. The van der Waals surface area contributed by atoms with Crippen LogP contribution in [0.1, 0.15) is 99.0 Å². The summed E-state index contributed by atoms with van der Waals surface area (Å²) in [5.74, 6) is -0.586. The minimum Gasteiger partial charge on any atom is -0.351 e. The predicted octanol–water partition coefficient (Wildman–Crippen LogP) is 2.63. The van der Waals surface area contributed by atoms with Crippen molar-refractivity contribution < 1.29 is 14.4 Å². The minimum absolute atomic E-state index is 0.123. The third-order valence-corrected chi connectivity index (χ3v) is 7.14. The van der Waals surface area contributed by atoms with Crippen molar-refractivity contribution in [2.45, 2.75) is 102 Å². The Labute approximate surface area is 184 Å². The van der Waals surface area contributed by atoms with Gasteiger partial charge in [0.1, 0.15) is 11.2 Å². The van der Waals surface area contributed by atoms with Crippen LogP contribution in [0.3, 0.4) is 0 Å². The number of unbranched alkanes of at least 4 members (excludes halogenated alkanes) is 1. The maximum atomic E-state index is 13.4. The average Bonchev–Trinajstić information content (AvgIpc) is 3.49. The zero-order valence-corrected chi connectivity index (χ0v) is 18.8. The normalized spacial score (nSPS) is 24.5. The van der Waals surface area contributed by atoms with Gasteiger partial charge in [-0.15, -0.1) is 0 Å². The van der Waals surface area contributed by atoms with Gasteiger partial charge in [-0.3, -0.25) is 19.1 Å². The Hall–Kier alpha value is -2.38. The molecule has 1 atom stereocenters. The van der Waals surface area contributed by atoms with E-state index in [4.69, 9.17) is 0 Å². The van der Waals surface area contributed by atoms with Crippen molar-refractivity contribution in [3.8, 4) is 0 Å². The molecular weight excluding hydrogens is 394 g/mol. The molecule has 4 rings (SSSR count). The van der Waals surface area contributed by atoms with Crippen molar-refractivity contribution in [2.75, 3.05) is 6.54 Å². The molecule has 8 nitrogen and oxygen atoms in total. The number of fused-ring (bicyclic) bond motifs is 1. The molecule has 3 aliphatic rings. The molecule has 0 unspecified atom stereocenters. The number of hydrogen-bond donors (Lipinski definition) is 2. The molecule has 1 aromatic heterocycles. The van der Waals surface area contributed by atoms with Crippen molar-refractivity contribution in [3.63, 3.8) is 0 Å². The van der Waals surface area contributed by atoms with Crippen molar-refractivity contribution in [1.82, 2.24) is 25.3 Å². The van der Waals surface area contributed by atoms with E-state index in [-0.39, 0.29) is 42.0 Å². The predicted molar refractivity (Wildman–Crippen MR) is 117 cm³/mol. The van der Waals surface area contributed by atoms with E-state index in [0.29, 0.717) is 12.2 Å². The van der Waals surface area contributed by atoms with Gasteiger partial charge in [-0.1, -0.05) is 39.0 Å². The number of rotatable bonds is 7. The first kappa shape index (κ1) is 21.8. The number of hydrogen-bond acceptors (Lipinski definition) is 4. The van der Waals surface area contributed by atoms with Crippen LogP contribution in [-0.4, -0.2) is 56.6 Å². The maximum absolute atomic E-state index is 13.4. The lowest BCUT2D eigenvalue weighted by molar-refractivity contribution is -0.133. The molecule has 2 heterocycles. The highest BCUT2D eigenvalue weighted by molar-refractivity contribution is 6.02. The van der Waals surface area contributed by atoms with Crippen LogP contribution < -0.4 is 10.6 Å². The van der Waals surface area contributed by atoms with Crippen LogP contribution >= 0.6 is 0 Å². The second kappa shape index (κ2) is 9.01. The van der Waals surface area contributed by atoms with Crippen LogP contribution in [-0.2, 0) is 11.3 Å². The lowest BCUT2D eigenvalue weighted by Gasteiger charge is -2.43. The lowest BCUT2D eigenvalue weighted by atomic mass is 9.94. The van der Waals surface area contributed by atoms with Gasteiger partial charge in [0.15, 0.2) is 5.69 Å². The van der Waals surface area contributed by atoms with Crippen LogP contribution in [0.25, 0.3) is 0 Å². The number of nitrogens with one attached hydrogen (secondary N) is 2. The Morgan fingerprint density at radius 3 is 2.32 bits per heavy atom. The van der Waals surface area contributed by atoms with Crippen molar-refractivity contribution in [1.29, 1.82) is 0 Å². The fourth-order valence-electron chi connectivity index (χ4n) is 5.16. The van der Waals surface area contributed by atoms with Gasteiger partial charge in [-0.05, 0) is 39.0 Å². The Morgan fingerprint density at radius 1 is 1.10 bits per heavy atom. The van der Waals surface area contributed by atoms with E-state index in [0.717, 1.165) is 64.2 Å². The molecule has 170 valence electrons. The number of carbonyl (C=O) groups excluding carboxylic acids is 3. The summed E-state index contributed by atoms with van der Waals surface area (Å²) >= 11 is 0. The Morgan fingerprint density at radius 2 is 1.71 bits per heavy atom. The van der Waals surface area contributed by atoms with E-state index in [1.54, 1.807) is 15.6 Å². The molecule has 1 aliphatic heterocycles. The van der Waals surface area contributed by atoms with E-state index >= 15 is 0 Å². The van der Waals surface area contributed by atoms with Crippen LogP contribution in [0.4, 0.5) is 0 Å². The third-order valence-electron chi connectivity index (χ3n) is 7.14. The highest BCUT2D eigenvalue weighted by Gasteiger charge is 2.48. The lowest BCUT2D eigenvalue weighted by Crippen LogP contribution is -2.65. The summed E-state index contributed by atoms with van der Waals surface area (Å²) in [7, 11) is 0. The fraction of sp³-hybridized carbons (Fsp3) is 0.739. The molecule has 2 aliphatic carbocycles. The highest BCUT2D eigenvalue weighted by Crippen LogP contribution is 2.29. The summed E-state index contributed by atoms with van der Waals surface area (Å²) in [5, 5.41) is 10.7. The molecule has 0 bridgehead atoms. The smallest absolute Gasteiger partial charge is 0.273 e. The van der Waals surface area contributed by atoms with Gasteiger partial charge in [0.05, 0.1) is 6.54 Å². The maximum Gasteiger partial charge on any atom is 0.273 e. The second-order valence-corrected chi connectivity index (χ2v) is 9.57. The fourth-order valence-corrected chi connectivity index (χ4v) is 5.16. The number of aromatic nitrogens is 2. The van der Waals surface area contributed by atoms with Gasteiger partial charge in [-0.25, -0.2) is 0 Å². The molecule has 0 spiro atoms. The van der Waals surface area contributed by atoms with Gasteiger partial charge in [0, 0.05) is 24.7 Å². The van der Waals surface area contributed by atoms with Gasteiger partial charge >= 0.3 is 0 Å². The minimum atomic E-state index is -1.02. The van der Waals surface area contributed by atoms with E-state index in [9.17, 15) is 14.4 Å². The first-order valence-corrected chi connectivity index (χ1v) is 11.9. The molecule has 8 heteroatoms. The van der Waals surface area contributed by atoms with Crippen LogP contribution in [0.15, 0.2) is 6.07 Å². The summed E-state index contributed by atoms with van der Waals surface area (Å²) < 4.78 is 1.56. The summed E-state index contributed by atoms with van der Waals surface area (Å²) in [4.78, 5) is 41.2. The molecule has 1 aromatic rings. The van der Waals surface area contributed by atoms with E-state index in [2.05, 4.69) is 22.7 Å².